The summed E-state index contributed by atoms with van der Waals surface area (Å²) in [6.45, 7) is -0.195. The summed E-state index contributed by atoms with van der Waals surface area (Å²) in [6.07, 6.45) is 4.00. The second-order valence-corrected chi connectivity index (χ2v) is 12.2. The van der Waals surface area contributed by atoms with Crippen LogP contribution >= 0.6 is 7.82 Å². The Hall–Kier alpha value is -2.55. The number of nitrogens with zero attached hydrogens (tertiary/aromatic N) is 1. The van der Waals surface area contributed by atoms with Crippen molar-refractivity contribution < 1.29 is 42.1 Å². The summed E-state index contributed by atoms with van der Waals surface area (Å²) in [5.41, 5.74) is 2.41. The molecule has 0 radical (unpaired) electrons. The Kier molecular flexibility index (Phi) is 15.1. The van der Waals surface area contributed by atoms with Crippen molar-refractivity contribution >= 4 is 19.8 Å². The Morgan fingerprint density at radius 2 is 1.30 bits per heavy atom. The number of aryl methyl sites for hydroxylation is 2. The van der Waals surface area contributed by atoms with Crippen molar-refractivity contribution in [3.8, 4) is 0 Å². The van der Waals surface area contributed by atoms with Gasteiger partial charge < -0.3 is 18.9 Å². The van der Waals surface area contributed by atoms with Crippen molar-refractivity contribution in [3.63, 3.8) is 0 Å². The van der Waals surface area contributed by atoms with Crippen LogP contribution in [0.2, 0.25) is 0 Å². The molecule has 0 fully saturated rings. The van der Waals surface area contributed by atoms with Crippen molar-refractivity contribution in [2.75, 3.05) is 47.5 Å². The second-order valence-electron chi connectivity index (χ2n) is 10.8. The van der Waals surface area contributed by atoms with Gasteiger partial charge in [-0.15, -0.1) is 0 Å². The molecule has 0 aliphatic heterocycles. The fraction of sp³-hybridized carbons (Fsp3) is 0.533. The molecule has 222 valence electrons. The van der Waals surface area contributed by atoms with Gasteiger partial charge in [0.15, 0.2) is 6.10 Å². The molecule has 0 amide bonds. The normalized spacial score (nSPS) is 13.8. The van der Waals surface area contributed by atoms with E-state index in [1.165, 1.54) is 11.1 Å². The van der Waals surface area contributed by atoms with Gasteiger partial charge in [0.2, 0.25) is 0 Å². The molecule has 0 aromatic heterocycles. The lowest BCUT2D eigenvalue weighted by molar-refractivity contribution is -0.870. The number of rotatable bonds is 20. The van der Waals surface area contributed by atoms with E-state index in [1.807, 2.05) is 81.8 Å². The molecule has 0 saturated carbocycles. The first kappa shape index (κ1) is 33.7. The zero-order valence-electron chi connectivity index (χ0n) is 24.0. The predicted octanol–water partition coefficient (Wildman–Crippen LogP) is 5.11. The molecule has 2 rings (SSSR count). The maximum absolute atomic E-state index is 12.5. The lowest BCUT2D eigenvalue weighted by atomic mass is 10.1. The molecule has 2 atom stereocenters. The average Bonchev–Trinajstić information content (AvgIpc) is 2.91. The van der Waals surface area contributed by atoms with E-state index in [4.69, 9.17) is 18.5 Å². The molecule has 2 aromatic carbocycles. The van der Waals surface area contributed by atoms with Gasteiger partial charge in [0, 0.05) is 12.8 Å². The molecule has 0 spiro atoms. The van der Waals surface area contributed by atoms with Crippen LogP contribution in [-0.4, -0.2) is 74.9 Å². The third-order valence-electron chi connectivity index (χ3n) is 6.05. The Labute approximate surface area is 238 Å². The zero-order valence-corrected chi connectivity index (χ0v) is 24.9. The number of esters is 2. The number of carbonyl (C=O) groups is 2. The van der Waals surface area contributed by atoms with Crippen molar-refractivity contribution in [3.05, 3.63) is 71.8 Å². The molecule has 2 unspecified atom stereocenters. The first-order chi connectivity index (χ1) is 19.0. The number of phosphoric acid groups is 1. The molecule has 40 heavy (non-hydrogen) atoms. The molecule has 0 aliphatic rings. The lowest BCUT2D eigenvalue weighted by Crippen LogP contribution is -2.37. The Morgan fingerprint density at radius 1 is 0.775 bits per heavy atom. The minimum atomic E-state index is -4.38. The quantitative estimate of drug-likeness (QED) is 0.100. The van der Waals surface area contributed by atoms with Crippen LogP contribution in [0.25, 0.3) is 0 Å². The Bertz CT molecular complexity index is 1040. The third kappa shape index (κ3) is 16.5. The minimum Gasteiger partial charge on any atom is -0.462 e. The molecule has 0 aliphatic carbocycles. The van der Waals surface area contributed by atoms with Gasteiger partial charge >= 0.3 is 19.8 Å². The van der Waals surface area contributed by atoms with Gasteiger partial charge in [-0.1, -0.05) is 60.7 Å². The highest BCUT2D eigenvalue weighted by molar-refractivity contribution is 7.47. The van der Waals surface area contributed by atoms with Crippen LogP contribution in [-0.2, 0) is 45.5 Å². The summed E-state index contributed by atoms with van der Waals surface area (Å²) in [5, 5.41) is 0. The highest BCUT2D eigenvalue weighted by atomic mass is 31.2. The topological polar surface area (TPSA) is 108 Å². The smallest absolute Gasteiger partial charge is 0.462 e. The van der Waals surface area contributed by atoms with Crippen LogP contribution in [0.15, 0.2) is 60.7 Å². The average molecular weight is 579 g/mol. The molecule has 0 heterocycles. The number of unbranched alkanes of at least 4 members (excludes halogenated alkanes) is 2. The first-order valence-electron chi connectivity index (χ1n) is 13.9. The summed E-state index contributed by atoms with van der Waals surface area (Å²) in [4.78, 5) is 34.8. The van der Waals surface area contributed by atoms with Gasteiger partial charge in [0.05, 0.1) is 27.7 Å². The second kappa shape index (κ2) is 18.0. The van der Waals surface area contributed by atoms with Crippen molar-refractivity contribution in [2.24, 2.45) is 0 Å². The maximum Gasteiger partial charge on any atom is 0.472 e. The van der Waals surface area contributed by atoms with E-state index in [2.05, 4.69) is 0 Å². The van der Waals surface area contributed by atoms with E-state index < -0.39 is 32.5 Å². The van der Waals surface area contributed by atoms with Crippen LogP contribution < -0.4 is 0 Å². The van der Waals surface area contributed by atoms with Crippen molar-refractivity contribution in [1.29, 1.82) is 0 Å². The van der Waals surface area contributed by atoms with E-state index in [0.29, 0.717) is 23.9 Å². The number of benzene rings is 2. The van der Waals surface area contributed by atoms with Crippen LogP contribution in [0.3, 0.4) is 0 Å². The van der Waals surface area contributed by atoms with E-state index >= 15 is 0 Å². The summed E-state index contributed by atoms with van der Waals surface area (Å²) >= 11 is 0. The van der Waals surface area contributed by atoms with Gasteiger partial charge in [-0.05, 0) is 49.7 Å². The first-order valence-corrected chi connectivity index (χ1v) is 15.4. The van der Waals surface area contributed by atoms with E-state index in [-0.39, 0.29) is 26.1 Å². The molecule has 9 nitrogen and oxygen atoms in total. The van der Waals surface area contributed by atoms with Crippen molar-refractivity contribution in [2.45, 2.75) is 57.5 Å². The van der Waals surface area contributed by atoms with E-state index in [1.54, 1.807) is 0 Å². The predicted molar refractivity (Wildman–Crippen MR) is 153 cm³/mol. The number of quaternary nitrogens is 1. The fourth-order valence-corrected chi connectivity index (χ4v) is 4.49. The highest BCUT2D eigenvalue weighted by Crippen LogP contribution is 2.43. The molecular weight excluding hydrogens is 533 g/mol. The summed E-state index contributed by atoms with van der Waals surface area (Å²) in [6, 6.07) is 20.0. The number of hydrogen-bond donors (Lipinski definition) is 1. The largest absolute Gasteiger partial charge is 0.472 e. The Balaban J connectivity index is 1.79. The number of phosphoric ester groups is 1. The fourth-order valence-electron chi connectivity index (χ4n) is 3.75. The maximum atomic E-state index is 12.5. The molecule has 1 N–H and O–H groups in total. The van der Waals surface area contributed by atoms with E-state index in [0.717, 1.165) is 25.7 Å². The standard InChI is InChI=1S/C30H44NO8P/c1-31(2,3)22-23-37-40(34,35)38-25-28(39-30(33)21-13-11-19-27-16-8-5-9-17-27)24-36-29(32)20-12-10-18-26-14-6-4-7-15-26/h4-9,14-17,28H,10-13,18-25H2,1-3H3/p+1. The SMILES string of the molecule is C[N+](C)(C)CCOP(=O)(O)OCC(COC(=O)CCCCc1ccccc1)OC(=O)CCCCc1ccccc1. The Morgan fingerprint density at radius 3 is 1.82 bits per heavy atom. The van der Waals surface area contributed by atoms with Crippen LogP contribution in [0.5, 0.6) is 0 Å². The highest BCUT2D eigenvalue weighted by Gasteiger charge is 2.27. The summed E-state index contributed by atoms with van der Waals surface area (Å²) in [7, 11) is 1.41. The summed E-state index contributed by atoms with van der Waals surface area (Å²) < 4.78 is 33.8. The van der Waals surface area contributed by atoms with Gasteiger partial charge in [-0.3, -0.25) is 18.6 Å². The van der Waals surface area contributed by atoms with Crippen molar-refractivity contribution in [1.82, 2.24) is 0 Å². The van der Waals surface area contributed by atoms with Gasteiger partial charge in [0.25, 0.3) is 0 Å². The third-order valence-corrected chi connectivity index (χ3v) is 7.03. The number of hydrogen-bond acceptors (Lipinski definition) is 7. The summed E-state index contributed by atoms with van der Waals surface area (Å²) in [5.74, 6) is -0.914. The van der Waals surface area contributed by atoms with Crippen LogP contribution in [0.1, 0.15) is 49.7 Å². The molecule has 0 saturated heterocycles. The zero-order chi connectivity index (χ0) is 29.3. The molecular formula is C30H45NO8P+. The molecule has 2 aromatic rings. The molecule has 10 heteroatoms. The van der Waals surface area contributed by atoms with Crippen LogP contribution in [0, 0.1) is 0 Å². The van der Waals surface area contributed by atoms with Gasteiger partial charge in [-0.25, -0.2) is 4.57 Å². The monoisotopic (exact) mass is 578 g/mol. The number of ether oxygens (including phenoxy) is 2. The minimum absolute atomic E-state index is 0.0150. The number of carbonyl (C=O) groups excluding carboxylic acids is 2. The van der Waals surface area contributed by atoms with Gasteiger partial charge in [-0.2, -0.15) is 0 Å². The van der Waals surface area contributed by atoms with E-state index in [9.17, 15) is 19.0 Å². The number of likely N-dealkylation sites (N-methyl/N-ethyl adjacent to an activating group) is 1. The van der Waals surface area contributed by atoms with Crippen LogP contribution in [0.4, 0.5) is 0 Å². The lowest BCUT2D eigenvalue weighted by Gasteiger charge is -2.24. The van der Waals surface area contributed by atoms with Gasteiger partial charge in [0.1, 0.15) is 19.8 Å². The molecule has 0 bridgehead atoms.